The van der Waals surface area contributed by atoms with Gasteiger partial charge < -0.3 is 9.15 Å². The van der Waals surface area contributed by atoms with Gasteiger partial charge in [0.1, 0.15) is 29.6 Å². The van der Waals surface area contributed by atoms with Crippen molar-refractivity contribution in [2.75, 3.05) is 11.5 Å². The molecule has 3 heterocycles. The van der Waals surface area contributed by atoms with E-state index in [1.165, 1.54) is 17.0 Å². The minimum atomic E-state index is -0.787. The Morgan fingerprint density at radius 3 is 2.66 bits per heavy atom. The fraction of sp³-hybridized carbons (Fsp3) is 0.0800. The predicted octanol–water partition coefficient (Wildman–Crippen LogP) is 4.64. The molecule has 1 unspecified atom stereocenters. The average molecular weight is 428 g/mol. The Bertz CT molecular complexity index is 1400. The van der Waals surface area contributed by atoms with Crippen LogP contribution in [0.2, 0.25) is 0 Å². The summed E-state index contributed by atoms with van der Waals surface area (Å²) in [7, 11) is 0. The average Bonchev–Trinajstić information content (AvgIpc) is 3.11. The minimum absolute atomic E-state index is 0.0725. The number of hydrogen-bond donors (Lipinski definition) is 0. The zero-order valence-electron chi connectivity index (χ0n) is 16.8. The van der Waals surface area contributed by atoms with Crippen LogP contribution in [0.15, 0.2) is 88.7 Å². The maximum Gasteiger partial charge on any atom is 0.296 e. The van der Waals surface area contributed by atoms with E-state index in [1.54, 1.807) is 54.7 Å². The quantitative estimate of drug-likeness (QED) is 0.433. The van der Waals surface area contributed by atoms with Gasteiger partial charge in [-0.15, -0.1) is 0 Å². The van der Waals surface area contributed by atoms with E-state index < -0.39 is 23.2 Å². The van der Waals surface area contributed by atoms with Crippen molar-refractivity contribution in [2.24, 2.45) is 0 Å². The van der Waals surface area contributed by atoms with Gasteiger partial charge in [-0.05, 0) is 48.0 Å². The summed E-state index contributed by atoms with van der Waals surface area (Å²) in [4.78, 5) is 32.5. The first-order valence-corrected chi connectivity index (χ1v) is 9.93. The molecule has 2 aromatic heterocycles. The van der Waals surface area contributed by atoms with Gasteiger partial charge in [0.25, 0.3) is 5.91 Å². The molecule has 1 amide bonds. The minimum Gasteiger partial charge on any atom is -0.490 e. The number of ether oxygens (including phenoxy) is 1. The number of pyridine rings is 1. The lowest BCUT2D eigenvalue weighted by Gasteiger charge is -2.24. The summed E-state index contributed by atoms with van der Waals surface area (Å²) in [6.45, 7) is 3.98. The summed E-state index contributed by atoms with van der Waals surface area (Å²) in [5, 5.41) is 0.0790. The lowest BCUT2D eigenvalue weighted by molar-refractivity contribution is 0.0970. The lowest BCUT2D eigenvalue weighted by Crippen LogP contribution is -2.30. The van der Waals surface area contributed by atoms with Crippen LogP contribution in [0.1, 0.15) is 27.7 Å². The van der Waals surface area contributed by atoms with Crippen LogP contribution < -0.4 is 15.1 Å². The maximum atomic E-state index is 13.9. The number of anilines is 1. The molecular formula is C25H17FN2O4. The predicted molar refractivity (Wildman–Crippen MR) is 117 cm³/mol. The van der Waals surface area contributed by atoms with E-state index in [0.717, 1.165) is 6.07 Å². The number of nitrogens with zero attached hydrogens (tertiary/aromatic N) is 2. The molecule has 1 aliphatic heterocycles. The van der Waals surface area contributed by atoms with Gasteiger partial charge >= 0.3 is 0 Å². The van der Waals surface area contributed by atoms with Crippen LogP contribution in [-0.2, 0) is 0 Å². The van der Waals surface area contributed by atoms with Crippen molar-refractivity contribution >= 4 is 22.7 Å². The molecule has 2 aromatic carbocycles. The third-order valence-electron chi connectivity index (χ3n) is 5.29. The summed E-state index contributed by atoms with van der Waals surface area (Å²) in [5.74, 6) is -0.127. The highest BCUT2D eigenvalue weighted by Crippen LogP contribution is 2.40. The number of amides is 1. The van der Waals surface area contributed by atoms with E-state index in [4.69, 9.17) is 9.15 Å². The van der Waals surface area contributed by atoms with Crippen LogP contribution in [0.4, 0.5) is 10.2 Å². The molecule has 0 bridgehead atoms. The Morgan fingerprint density at radius 1 is 1.12 bits per heavy atom. The number of carbonyl (C=O) groups excluding carboxylic acids is 1. The number of carbonyl (C=O) groups is 1. The van der Waals surface area contributed by atoms with Crippen molar-refractivity contribution in [3.05, 3.63) is 112 Å². The number of benzene rings is 2. The smallest absolute Gasteiger partial charge is 0.296 e. The van der Waals surface area contributed by atoms with Gasteiger partial charge in [-0.2, -0.15) is 0 Å². The van der Waals surface area contributed by atoms with E-state index in [1.807, 2.05) is 0 Å². The second-order valence-corrected chi connectivity index (χ2v) is 7.25. The number of rotatable bonds is 5. The fourth-order valence-electron chi connectivity index (χ4n) is 3.89. The largest absolute Gasteiger partial charge is 0.490 e. The van der Waals surface area contributed by atoms with Crippen LogP contribution in [0.5, 0.6) is 5.75 Å². The topological polar surface area (TPSA) is 72.6 Å². The van der Waals surface area contributed by atoms with Gasteiger partial charge in [-0.3, -0.25) is 14.5 Å². The molecule has 158 valence electrons. The summed E-state index contributed by atoms with van der Waals surface area (Å²) in [6, 6.07) is 15.1. The van der Waals surface area contributed by atoms with Gasteiger partial charge in [-0.1, -0.05) is 30.9 Å². The molecule has 32 heavy (non-hydrogen) atoms. The van der Waals surface area contributed by atoms with Gasteiger partial charge in [0, 0.05) is 6.20 Å². The Morgan fingerprint density at radius 2 is 1.94 bits per heavy atom. The van der Waals surface area contributed by atoms with E-state index in [9.17, 15) is 14.0 Å². The summed E-state index contributed by atoms with van der Waals surface area (Å²) < 4.78 is 25.2. The Balaban J connectivity index is 1.73. The zero-order chi connectivity index (χ0) is 22.2. The molecule has 4 aromatic rings. The normalized spacial score (nSPS) is 15.1. The highest BCUT2D eigenvalue weighted by molar-refractivity contribution is 6.10. The highest BCUT2D eigenvalue weighted by Gasteiger charge is 2.44. The molecule has 0 saturated heterocycles. The Kier molecular flexibility index (Phi) is 4.78. The molecular weight excluding hydrogens is 411 g/mol. The molecule has 0 aliphatic carbocycles. The molecule has 7 heteroatoms. The molecule has 1 aliphatic rings. The van der Waals surface area contributed by atoms with Crippen LogP contribution in [0, 0.1) is 5.82 Å². The van der Waals surface area contributed by atoms with Crippen LogP contribution in [0.3, 0.4) is 0 Å². The zero-order valence-corrected chi connectivity index (χ0v) is 16.8. The number of halogens is 1. The van der Waals surface area contributed by atoms with E-state index in [2.05, 4.69) is 11.6 Å². The molecule has 0 fully saturated rings. The van der Waals surface area contributed by atoms with Gasteiger partial charge in [-0.25, -0.2) is 9.37 Å². The Labute approximate surface area is 182 Å². The van der Waals surface area contributed by atoms with Gasteiger partial charge in [0.05, 0.1) is 17.0 Å². The molecule has 0 N–H and O–H groups in total. The second kappa shape index (κ2) is 7.77. The van der Waals surface area contributed by atoms with Crippen molar-refractivity contribution < 1.29 is 18.3 Å². The maximum absolute atomic E-state index is 13.9. The first-order valence-electron chi connectivity index (χ1n) is 9.93. The monoisotopic (exact) mass is 428 g/mol. The van der Waals surface area contributed by atoms with Crippen molar-refractivity contribution in [1.29, 1.82) is 0 Å². The number of fused-ring (bicyclic) bond motifs is 2. The number of hydrogen-bond acceptors (Lipinski definition) is 5. The standard InChI is InChI=1S/C25H17FN2O4/c1-2-13-31-17-9-6-15(7-10-17)22-21-23(29)18-14-16(26)8-11-19(18)32-24(21)25(30)28(22)20-5-3-4-12-27-20/h2-12,14,22H,1,13H2. The molecule has 1 atom stereocenters. The van der Waals surface area contributed by atoms with E-state index >= 15 is 0 Å². The lowest BCUT2D eigenvalue weighted by atomic mass is 9.98. The third kappa shape index (κ3) is 3.15. The second-order valence-electron chi connectivity index (χ2n) is 7.25. The molecule has 0 saturated carbocycles. The van der Waals surface area contributed by atoms with E-state index in [-0.39, 0.29) is 22.3 Å². The SMILES string of the molecule is C=CCOc1ccc(C2c3c(oc4ccc(F)cc4c3=O)C(=O)N2c2ccccn2)cc1. The molecule has 0 spiro atoms. The van der Waals surface area contributed by atoms with Crippen molar-refractivity contribution in [3.63, 3.8) is 0 Å². The molecule has 5 rings (SSSR count). The third-order valence-corrected chi connectivity index (χ3v) is 5.29. The van der Waals surface area contributed by atoms with Crippen LogP contribution in [0.25, 0.3) is 11.0 Å². The first-order chi connectivity index (χ1) is 15.6. The summed E-state index contributed by atoms with van der Waals surface area (Å²) in [5.41, 5.74) is 0.512. The molecule has 6 nitrogen and oxygen atoms in total. The summed E-state index contributed by atoms with van der Waals surface area (Å²) in [6.07, 6.45) is 3.20. The summed E-state index contributed by atoms with van der Waals surface area (Å²) >= 11 is 0. The first kappa shape index (κ1) is 19.7. The van der Waals surface area contributed by atoms with Crippen molar-refractivity contribution in [1.82, 2.24) is 4.98 Å². The molecule has 0 radical (unpaired) electrons. The van der Waals surface area contributed by atoms with Crippen molar-refractivity contribution in [2.45, 2.75) is 6.04 Å². The Hall–Kier alpha value is -4.26. The van der Waals surface area contributed by atoms with Gasteiger partial charge in [0.2, 0.25) is 5.76 Å². The van der Waals surface area contributed by atoms with E-state index in [0.29, 0.717) is 23.7 Å². The van der Waals surface area contributed by atoms with Gasteiger partial charge in [0.15, 0.2) is 5.43 Å². The number of aromatic nitrogens is 1. The van der Waals surface area contributed by atoms with Crippen LogP contribution >= 0.6 is 0 Å². The fourth-order valence-corrected chi connectivity index (χ4v) is 3.89. The van der Waals surface area contributed by atoms with Crippen LogP contribution in [-0.4, -0.2) is 17.5 Å². The van der Waals surface area contributed by atoms with Crippen molar-refractivity contribution in [3.8, 4) is 5.75 Å². The highest BCUT2D eigenvalue weighted by atomic mass is 19.1.